The Labute approximate surface area is 169 Å². The number of carbonyl (C=O) groups excluding carboxylic acids is 3. The Hall–Kier alpha value is -1.89. The molecule has 27 heavy (non-hydrogen) atoms. The van der Waals surface area contributed by atoms with E-state index in [4.69, 9.17) is 0 Å². The molecule has 1 aromatic rings. The lowest BCUT2D eigenvalue weighted by Crippen LogP contribution is -2.44. The molecule has 4 amide bonds. The van der Waals surface area contributed by atoms with E-state index in [0.717, 1.165) is 40.6 Å². The summed E-state index contributed by atoms with van der Waals surface area (Å²) in [6, 6.07) is 4.99. The van der Waals surface area contributed by atoms with E-state index in [1.54, 1.807) is 13.0 Å². The first-order valence-corrected chi connectivity index (χ1v) is 10.3. The Morgan fingerprint density at radius 1 is 1.22 bits per heavy atom. The molecule has 0 aromatic heterocycles. The Morgan fingerprint density at radius 3 is 2.59 bits per heavy atom. The highest BCUT2D eigenvalue weighted by Crippen LogP contribution is 2.25. The minimum Gasteiger partial charge on any atom is -0.324 e. The number of rotatable bonds is 9. The molecule has 0 bridgehead atoms. The van der Waals surface area contributed by atoms with Crippen LogP contribution in [0.4, 0.5) is 10.5 Å². The Morgan fingerprint density at radius 2 is 1.93 bits per heavy atom. The molecule has 2 N–H and O–H groups in total. The maximum atomic E-state index is 12.7. The van der Waals surface area contributed by atoms with Gasteiger partial charge in [0.2, 0.25) is 5.91 Å². The summed E-state index contributed by atoms with van der Waals surface area (Å²) in [5, 5.41) is 5.53. The molecule has 0 radical (unpaired) electrons. The maximum absolute atomic E-state index is 12.7. The van der Waals surface area contributed by atoms with E-state index in [0.29, 0.717) is 12.1 Å². The van der Waals surface area contributed by atoms with Gasteiger partial charge in [-0.25, -0.2) is 4.79 Å². The molecule has 6 nitrogen and oxygen atoms in total. The number of halogens is 1. The third-order valence-corrected chi connectivity index (χ3v) is 5.38. The van der Waals surface area contributed by atoms with Gasteiger partial charge in [0.25, 0.3) is 5.91 Å². The molecule has 2 rings (SSSR count). The Kier molecular flexibility index (Phi) is 7.41. The predicted octanol–water partition coefficient (Wildman–Crippen LogP) is 4.37. The summed E-state index contributed by atoms with van der Waals surface area (Å²) >= 11 is 3.38. The summed E-state index contributed by atoms with van der Waals surface area (Å²) in [5.74, 6) is -0.721. The van der Waals surface area contributed by atoms with E-state index in [2.05, 4.69) is 33.5 Å². The van der Waals surface area contributed by atoms with Crippen molar-refractivity contribution in [3.63, 3.8) is 0 Å². The lowest BCUT2D eigenvalue weighted by molar-refractivity contribution is -0.133. The van der Waals surface area contributed by atoms with E-state index in [1.807, 2.05) is 19.1 Å². The van der Waals surface area contributed by atoms with Crippen LogP contribution in [0.1, 0.15) is 57.9 Å². The van der Waals surface area contributed by atoms with Crippen LogP contribution in [-0.4, -0.2) is 34.8 Å². The average molecular weight is 438 g/mol. The van der Waals surface area contributed by atoms with Gasteiger partial charge in [0.15, 0.2) is 0 Å². The summed E-state index contributed by atoms with van der Waals surface area (Å²) in [7, 11) is 0. The van der Waals surface area contributed by atoms with Crippen LogP contribution in [-0.2, 0) is 9.59 Å². The van der Waals surface area contributed by atoms with E-state index >= 15 is 0 Å². The molecule has 1 heterocycles. The summed E-state index contributed by atoms with van der Waals surface area (Å²) in [6.07, 6.45) is 5.97. The van der Waals surface area contributed by atoms with Gasteiger partial charge >= 0.3 is 6.03 Å². The largest absolute Gasteiger partial charge is 0.325 e. The number of aryl methyl sites for hydroxylation is 1. The van der Waals surface area contributed by atoms with Crippen LogP contribution in [0.3, 0.4) is 0 Å². The average Bonchev–Trinajstić information content (AvgIpc) is 2.81. The van der Waals surface area contributed by atoms with Crippen LogP contribution in [0.5, 0.6) is 0 Å². The van der Waals surface area contributed by atoms with Crippen LogP contribution < -0.4 is 10.6 Å². The number of nitrogens with zero attached hydrogens (tertiary/aromatic N) is 1. The van der Waals surface area contributed by atoms with Crippen molar-refractivity contribution in [1.82, 2.24) is 10.2 Å². The topological polar surface area (TPSA) is 78.5 Å². The maximum Gasteiger partial charge on any atom is 0.325 e. The zero-order valence-electron chi connectivity index (χ0n) is 16.2. The number of hydrogen-bond donors (Lipinski definition) is 2. The molecule has 1 atom stereocenters. The first-order chi connectivity index (χ1) is 12.8. The van der Waals surface area contributed by atoms with Crippen molar-refractivity contribution in [3.8, 4) is 0 Å². The van der Waals surface area contributed by atoms with Gasteiger partial charge in [0.05, 0.1) is 0 Å². The third-order valence-electron chi connectivity index (χ3n) is 4.89. The van der Waals surface area contributed by atoms with E-state index < -0.39 is 17.5 Å². The van der Waals surface area contributed by atoms with E-state index in [-0.39, 0.29) is 12.5 Å². The van der Waals surface area contributed by atoms with Gasteiger partial charge in [0.1, 0.15) is 12.1 Å². The number of carbonyl (C=O) groups is 3. The quantitative estimate of drug-likeness (QED) is 0.444. The first-order valence-electron chi connectivity index (χ1n) is 9.47. The van der Waals surface area contributed by atoms with Crippen molar-refractivity contribution < 1.29 is 14.4 Å². The number of hydrogen-bond acceptors (Lipinski definition) is 3. The predicted molar refractivity (Wildman–Crippen MR) is 110 cm³/mol. The number of nitrogens with one attached hydrogen (secondary N) is 2. The van der Waals surface area contributed by atoms with Gasteiger partial charge in [-0.3, -0.25) is 14.5 Å². The smallest absolute Gasteiger partial charge is 0.324 e. The highest BCUT2D eigenvalue weighted by atomic mass is 79.9. The highest BCUT2D eigenvalue weighted by molar-refractivity contribution is 9.10. The molecular formula is C20H28BrN3O3. The Balaban J connectivity index is 1.93. The minimum atomic E-state index is -0.920. The summed E-state index contributed by atoms with van der Waals surface area (Å²) in [4.78, 5) is 38.3. The number of anilines is 1. The number of imide groups is 1. The lowest BCUT2D eigenvalue weighted by Gasteiger charge is -2.21. The molecule has 1 aliphatic rings. The van der Waals surface area contributed by atoms with Crippen molar-refractivity contribution in [2.75, 3.05) is 11.9 Å². The lowest BCUT2D eigenvalue weighted by atomic mass is 9.94. The normalized spacial score (nSPS) is 19.3. The second-order valence-corrected chi connectivity index (χ2v) is 8.24. The molecule has 0 spiro atoms. The standard InChI is InChI=1S/C20H28BrN3O3/c1-4-5-6-7-8-11-20(3)18(26)24(19(27)23-20)13-17(25)22-16-10-9-15(21)12-14(16)2/h9-10,12H,4-8,11,13H2,1-3H3,(H,22,25)(H,23,27)/t20-/m0/s1. The van der Waals surface area contributed by atoms with E-state index in [1.165, 1.54) is 6.42 Å². The molecule has 1 fully saturated rings. The van der Waals surface area contributed by atoms with Crippen molar-refractivity contribution in [2.24, 2.45) is 0 Å². The van der Waals surface area contributed by atoms with Crippen LogP contribution in [0, 0.1) is 6.92 Å². The number of urea groups is 1. The fourth-order valence-corrected chi connectivity index (χ4v) is 3.72. The monoisotopic (exact) mass is 437 g/mol. The number of amides is 4. The van der Waals surface area contributed by atoms with Crippen molar-refractivity contribution in [3.05, 3.63) is 28.2 Å². The zero-order valence-corrected chi connectivity index (χ0v) is 17.8. The first kappa shape index (κ1) is 21.4. The second kappa shape index (κ2) is 9.35. The van der Waals surface area contributed by atoms with Crippen molar-refractivity contribution >= 4 is 39.5 Å². The summed E-state index contributed by atoms with van der Waals surface area (Å²) < 4.78 is 0.918. The summed E-state index contributed by atoms with van der Waals surface area (Å²) in [6.45, 7) is 5.49. The van der Waals surface area contributed by atoms with Crippen molar-refractivity contribution in [1.29, 1.82) is 0 Å². The molecule has 1 aromatic carbocycles. The molecule has 0 saturated carbocycles. The van der Waals surface area contributed by atoms with Crippen LogP contribution in [0.25, 0.3) is 0 Å². The van der Waals surface area contributed by atoms with Gasteiger partial charge in [-0.05, 0) is 44.0 Å². The molecule has 148 valence electrons. The van der Waals surface area contributed by atoms with Crippen LogP contribution >= 0.6 is 15.9 Å². The highest BCUT2D eigenvalue weighted by Gasteiger charge is 2.47. The fourth-order valence-electron chi connectivity index (χ4n) is 3.24. The minimum absolute atomic E-state index is 0.286. The molecular weight excluding hydrogens is 410 g/mol. The van der Waals surface area contributed by atoms with Gasteiger partial charge in [0, 0.05) is 10.2 Å². The third kappa shape index (κ3) is 5.54. The Bertz CT molecular complexity index is 722. The van der Waals surface area contributed by atoms with Crippen molar-refractivity contribution in [2.45, 2.75) is 64.8 Å². The van der Waals surface area contributed by atoms with Gasteiger partial charge in [-0.1, -0.05) is 55.0 Å². The number of benzene rings is 1. The summed E-state index contributed by atoms with van der Waals surface area (Å²) in [5.41, 5.74) is 0.637. The molecule has 0 aliphatic carbocycles. The second-order valence-electron chi connectivity index (χ2n) is 7.33. The number of unbranched alkanes of at least 4 members (excludes halogenated alkanes) is 4. The van der Waals surface area contributed by atoms with Gasteiger partial charge in [-0.2, -0.15) is 0 Å². The van der Waals surface area contributed by atoms with Gasteiger partial charge < -0.3 is 10.6 Å². The molecule has 1 saturated heterocycles. The zero-order chi connectivity index (χ0) is 20.0. The molecule has 0 unspecified atom stereocenters. The van der Waals surface area contributed by atoms with E-state index in [9.17, 15) is 14.4 Å². The van der Waals surface area contributed by atoms with Gasteiger partial charge in [-0.15, -0.1) is 0 Å². The van der Waals surface area contributed by atoms with Crippen LogP contribution in [0.2, 0.25) is 0 Å². The fraction of sp³-hybridized carbons (Fsp3) is 0.550. The van der Waals surface area contributed by atoms with Crippen LogP contribution in [0.15, 0.2) is 22.7 Å². The molecule has 7 heteroatoms. The SMILES string of the molecule is CCCCCCC[C@]1(C)NC(=O)N(CC(=O)Nc2ccc(Br)cc2C)C1=O. The molecule has 1 aliphatic heterocycles.